The molecule has 1 aliphatic carbocycles. The number of aliphatic hydroxyl groups excluding tert-OH is 1. The summed E-state index contributed by atoms with van der Waals surface area (Å²) in [6.07, 6.45) is 3.48. The number of carbonyl (C=O) groups is 1. The van der Waals surface area contributed by atoms with Gasteiger partial charge in [-0.2, -0.15) is 0 Å². The maximum absolute atomic E-state index is 11.6. The Morgan fingerprint density at radius 2 is 2.07 bits per heavy atom. The van der Waals surface area contributed by atoms with Crippen LogP contribution in [0.3, 0.4) is 0 Å². The number of anilines is 1. The van der Waals surface area contributed by atoms with Gasteiger partial charge in [0.2, 0.25) is 5.78 Å². The number of nitrogens with one attached hydrogen (secondary N) is 1. The normalized spacial score (nSPS) is 23.3. The number of rotatable bonds is 0. The summed E-state index contributed by atoms with van der Waals surface area (Å²) < 4.78 is 0. The highest BCUT2D eigenvalue weighted by atomic mass is 16.3. The molecule has 78 valence electrons. The molecule has 0 radical (unpaired) electrons. The van der Waals surface area contributed by atoms with E-state index in [0.29, 0.717) is 5.56 Å². The molecule has 0 bridgehead atoms. The molecule has 2 N–H and O–H groups in total. The van der Waals surface area contributed by atoms with Crippen molar-refractivity contribution in [1.29, 1.82) is 0 Å². The molecule has 1 aromatic rings. The Morgan fingerprint density at radius 3 is 2.93 bits per heavy atom. The molecule has 1 unspecified atom stereocenters. The minimum absolute atomic E-state index is 0.196. The number of benzene rings is 1. The fourth-order valence-corrected chi connectivity index (χ4v) is 2.55. The molecular weight excluding hydrogens is 190 g/mol. The minimum Gasteiger partial charge on any atom is -0.367 e. The van der Waals surface area contributed by atoms with E-state index in [-0.39, 0.29) is 5.78 Å². The van der Waals surface area contributed by atoms with E-state index in [2.05, 4.69) is 5.32 Å². The summed E-state index contributed by atoms with van der Waals surface area (Å²) in [6, 6.07) is 3.87. The van der Waals surface area contributed by atoms with Crippen LogP contribution < -0.4 is 5.32 Å². The van der Waals surface area contributed by atoms with E-state index >= 15 is 0 Å². The second-order valence-electron chi connectivity index (χ2n) is 4.24. The standard InChI is InChI=1S/C12H13NO2/c14-11-9-6-5-7-3-1-2-4-8(7)10(9)13-12(11)15/h5-6,12-13,15H,1-4H2. The molecule has 0 amide bonds. The average Bonchev–Trinajstić information content (AvgIpc) is 2.56. The Labute approximate surface area is 88.1 Å². The van der Waals surface area contributed by atoms with Gasteiger partial charge in [0.25, 0.3) is 0 Å². The molecule has 15 heavy (non-hydrogen) atoms. The Kier molecular flexibility index (Phi) is 1.83. The lowest BCUT2D eigenvalue weighted by molar-refractivity contribution is 0.0814. The van der Waals surface area contributed by atoms with Gasteiger partial charge >= 0.3 is 0 Å². The van der Waals surface area contributed by atoms with E-state index in [1.54, 1.807) is 0 Å². The third-order valence-corrected chi connectivity index (χ3v) is 3.33. The van der Waals surface area contributed by atoms with E-state index in [4.69, 9.17) is 0 Å². The van der Waals surface area contributed by atoms with Crippen molar-refractivity contribution in [3.63, 3.8) is 0 Å². The Balaban J connectivity index is 2.17. The Bertz CT molecular complexity index is 439. The predicted molar refractivity (Wildman–Crippen MR) is 57.0 cm³/mol. The summed E-state index contributed by atoms with van der Waals surface area (Å²) >= 11 is 0. The number of aryl methyl sites for hydroxylation is 1. The van der Waals surface area contributed by atoms with Crippen LogP contribution in [0.25, 0.3) is 0 Å². The van der Waals surface area contributed by atoms with Gasteiger partial charge < -0.3 is 10.4 Å². The number of ketones is 1. The van der Waals surface area contributed by atoms with Gasteiger partial charge in [-0.05, 0) is 42.9 Å². The van der Waals surface area contributed by atoms with Crippen molar-refractivity contribution < 1.29 is 9.90 Å². The van der Waals surface area contributed by atoms with E-state index in [0.717, 1.165) is 18.5 Å². The fourth-order valence-electron chi connectivity index (χ4n) is 2.55. The van der Waals surface area contributed by atoms with E-state index in [1.165, 1.54) is 24.0 Å². The van der Waals surface area contributed by atoms with Crippen molar-refractivity contribution in [3.05, 3.63) is 28.8 Å². The van der Waals surface area contributed by atoms with E-state index in [1.807, 2.05) is 12.1 Å². The highest BCUT2D eigenvalue weighted by molar-refractivity contribution is 6.10. The molecule has 0 saturated heterocycles. The quantitative estimate of drug-likeness (QED) is 0.671. The summed E-state index contributed by atoms with van der Waals surface area (Å²) in [6.45, 7) is 0. The summed E-state index contributed by atoms with van der Waals surface area (Å²) in [7, 11) is 0. The van der Waals surface area contributed by atoms with Crippen LogP contribution in [0.2, 0.25) is 0 Å². The molecule has 0 fully saturated rings. The largest absolute Gasteiger partial charge is 0.367 e. The zero-order valence-corrected chi connectivity index (χ0v) is 8.42. The Hall–Kier alpha value is -1.35. The van der Waals surface area contributed by atoms with Gasteiger partial charge in [0.1, 0.15) is 0 Å². The molecule has 1 aromatic carbocycles. The maximum Gasteiger partial charge on any atom is 0.213 e. The zero-order chi connectivity index (χ0) is 10.4. The van der Waals surface area contributed by atoms with Crippen molar-refractivity contribution in [2.75, 3.05) is 5.32 Å². The van der Waals surface area contributed by atoms with Crippen LogP contribution in [0.1, 0.15) is 34.3 Å². The molecule has 2 aliphatic rings. The number of Topliss-reactive ketones (excluding diaryl/α,β-unsaturated/α-hetero) is 1. The van der Waals surface area contributed by atoms with Crippen molar-refractivity contribution in [1.82, 2.24) is 0 Å². The second-order valence-corrected chi connectivity index (χ2v) is 4.24. The molecule has 3 nitrogen and oxygen atoms in total. The fraction of sp³-hybridized carbons (Fsp3) is 0.417. The van der Waals surface area contributed by atoms with Gasteiger partial charge in [0, 0.05) is 5.56 Å². The van der Waals surface area contributed by atoms with Crippen LogP contribution in [0, 0.1) is 0 Å². The first-order valence-electron chi connectivity index (χ1n) is 5.41. The average molecular weight is 203 g/mol. The summed E-state index contributed by atoms with van der Waals surface area (Å²) in [5, 5.41) is 12.3. The number of hydrogen-bond donors (Lipinski definition) is 2. The SMILES string of the molecule is O=C1c2ccc3c(c2NC1O)CCCC3. The van der Waals surface area contributed by atoms with E-state index < -0.39 is 6.23 Å². The molecule has 1 heterocycles. The van der Waals surface area contributed by atoms with Gasteiger partial charge in [-0.3, -0.25) is 4.79 Å². The molecular formula is C12H13NO2. The minimum atomic E-state index is -1.03. The Morgan fingerprint density at radius 1 is 1.27 bits per heavy atom. The zero-order valence-electron chi connectivity index (χ0n) is 8.42. The lowest BCUT2D eigenvalue weighted by Crippen LogP contribution is -2.20. The lowest BCUT2D eigenvalue weighted by Gasteiger charge is -2.18. The monoisotopic (exact) mass is 203 g/mol. The third kappa shape index (κ3) is 1.20. The molecule has 0 saturated carbocycles. The van der Waals surface area contributed by atoms with Crippen molar-refractivity contribution in [3.8, 4) is 0 Å². The van der Waals surface area contributed by atoms with Crippen LogP contribution in [-0.4, -0.2) is 17.1 Å². The van der Waals surface area contributed by atoms with Gasteiger partial charge in [-0.15, -0.1) is 0 Å². The third-order valence-electron chi connectivity index (χ3n) is 3.33. The summed E-state index contributed by atoms with van der Waals surface area (Å²) in [5.41, 5.74) is 4.10. The lowest BCUT2D eigenvalue weighted by atomic mass is 9.89. The van der Waals surface area contributed by atoms with Crippen molar-refractivity contribution in [2.45, 2.75) is 31.9 Å². The van der Waals surface area contributed by atoms with Crippen LogP contribution in [0.5, 0.6) is 0 Å². The number of carbonyl (C=O) groups excluding carboxylic acids is 1. The molecule has 1 aliphatic heterocycles. The van der Waals surface area contributed by atoms with Crippen molar-refractivity contribution in [2.24, 2.45) is 0 Å². The smallest absolute Gasteiger partial charge is 0.213 e. The van der Waals surface area contributed by atoms with Crippen LogP contribution in [0.15, 0.2) is 12.1 Å². The molecule has 0 aromatic heterocycles. The molecule has 1 atom stereocenters. The first-order valence-corrected chi connectivity index (χ1v) is 5.41. The topological polar surface area (TPSA) is 49.3 Å². The number of fused-ring (bicyclic) bond motifs is 3. The first-order chi connectivity index (χ1) is 7.27. The first kappa shape index (κ1) is 8.92. The van der Waals surface area contributed by atoms with Crippen LogP contribution in [0.4, 0.5) is 5.69 Å². The van der Waals surface area contributed by atoms with Gasteiger partial charge in [-0.25, -0.2) is 0 Å². The second kappa shape index (κ2) is 3.07. The highest BCUT2D eigenvalue weighted by Gasteiger charge is 2.31. The number of aliphatic hydroxyl groups is 1. The van der Waals surface area contributed by atoms with Crippen molar-refractivity contribution >= 4 is 11.5 Å². The highest BCUT2D eigenvalue weighted by Crippen LogP contribution is 2.35. The summed E-state index contributed by atoms with van der Waals surface area (Å²) in [4.78, 5) is 11.6. The van der Waals surface area contributed by atoms with Gasteiger partial charge in [0.05, 0.1) is 5.69 Å². The van der Waals surface area contributed by atoms with Gasteiger partial charge in [0.15, 0.2) is 6.23 Å². The molecule has 0 spiro atoms. The van der Waals surface area contributed by atoms with Crippen LogP contribution >= 0.6 is 0 Å². The molecule has 3 rings (SSSR count). The predicted octanol–water partition coefficient (Wildman–Crippen LogP) is 1.49. The molecule has 3 heteroatoms. The van der Waals surface area contributed by atoms with Crippen LogP contribution in [-0.2, 0) is 12.8 Å². The summed E-state index contributed by atoms with van der Waals surface area (Å²) in [5.74, 6) is -0.196. The number of hydrogen-bond acceptors (Lipinski definition) is 3. The van der Waals surface area contributed by atoms with E-state index in [9.17, 15) is 9.90 Å². The van der Waals surface area contributed by atoms with Gasteiger partial charge in [-0.1, -0.05) is 6.07 Å². The maximum atomic E-state index is 11.6.